The summed E-state index contributed by atoms with van der Waals surface area (Å²) in [6, 6.07) is 6.22. The lowest BCUT2D eigenvalue weighted by Crippen LogP contribution is -2.03. The molecule has 0 aliphatic heterocycles. The van der Waals surface area contributed by atoms with Gasteiger partial charge in [0.15, 0.2) is 0 Å². The lowest BCUT2D eigenvalue weighted by molar-refractivity contribution is -0.403. The molecule has 1 N–H and O–H groups in total. The Labute approximate surface area is 135 Å². The minimum Gasteiger partial charge on any atom is -0.867 e. The second kappa shape index (κ2) is 6.73. The van der Waals surface area contributed by atoms with E-state index in [1.54, 1.807) is 12.1 Å². The smallest absolute Gasteiger partial charge is 0.276 e. The van der Waals surface area contributed by atoms with Crippen LogP contribution in [0.3, 0.4) is 0 Å². The van der Waals surface area contributed by atoms with E-state index in [2.05, 4.69) is 4.99 Å². The van der Waals surface area contributed by atoms with Crippen LogP contribution in [0.1, 0.15) is 18.1 Å². The molecule has 9 nitrogen and oxygen atoms in total. The number of aryl methyl sites for hydroxylation is 1. The zero-order valence-electron chi connectivity index (χ0n) is 12.5. The molecule has 0 saturated carbocycles. The highest BCUT2D eigenvalue weighted by Crippen LogP contribution is 2.32. The first-order valence-electron chi connectivity index (χ1n) is 6.83. The molecule has 0 spiro atoms. The summed E-state index contributed by atoms with van der Waals surface area (Å²) in [5.41, 5.74) is -0.765. The fourth-order valence-electron chi connectivity index (χ4n) is 1.99. The van der Waals surface area contributed by atoms with Gasteiger partial charge in [-0.1, -0.05) is 13.0 Å². The number of nitro benzene ring substituents is 2. The van der Waals surface area contributed by atoms with E-state index in [0.29, 0.717) is 12.5 Å². The molecule has 9 heteroatoms. The summed E-state index contributed by atoms with van der Waals surface area (Å²) in [5.74, 6) is -1.13. The first kappa shape index (κ1) is 16.9. The van der Waals surface area contributed by atoms with E-state index in [1.165, 1.54) is 6.07 Å². The topological polar surface area (TPSA) is 142 Å². The number of phenolic OH excluding ortho intramolecular Hbond substituents is 1. The number of phenols is 1. The molecular weight excluding hydrogens is 318 g/mol. The minimum absolute atomic E-state index is 0.143. The Morgan fingerprint density at radius 3 is 2.46 bits per heavy atom. The van der Waals surface area contributed by atoms with Crippen LogP contribution in [0.4, 0.5) is 17.1 Å². The number of rotatable bonds is 5. The summed E-state index contributed by atoms with van der Waals surface area (Å²) in [6.07, 6.45) is 1.66. The van der Waals surface area contributed by atoms with Crippen molar-refractivity contribution in [2.75, 3.05) is 0 Å². The summed E-state index contributed by atoms with van der Waals surface area (Å²) < 4.78 is 0. The number of aromatic hydroxyl groups is 1. The average molecular weight is 330 g/mol. The van der Waals surface area contributed by atoms with Crippen molar-refractivity contribution < 1.29 is 20.1 Å². The van der Waals surface area contributed by atoms with Crippen LogP contribution in [0.5, 0.6) is 11.5 Å². The first-order chi connectivity index (χ1) is 11.3. The third-order valence-corrected chi connectivity index (χ3v) is 3.28. The van der Waals surface area contributed by atoms with E-state index in [0.717, 1.165) is 17.8 Å². The highest BCUT2D eigenvalue weighted by molar-refractivity contribution is 5.89. The van der Waals surface area contributed by atoms with Gasteiger partial charge in [-0.15, -0.1) is 0 Å². The van der Waals surface area contributed by atoms with Crippen molar-refractivity contribution in [3.8, 4) is 11.5 Å². The third-order valence-electron chi connectivity index (χ3n) is 3.28. The van der Waals surface area contributed by atoms with Gasteiger partial charge in [-0.3, -0.25) is 25.2 Å². The molecule has 2 aromatic carbocycles. The number of nitro groups is 2. The highest BCUT2D eigenvalue weighted by atomic mass is 16.6. The zero-order chi connectivity index (χ0) is 17.9. The number of aliphatic imine (C=N–C) groups is 1. The van der Waals surface area contributed by atoms with Gasteiger partial charge in [-0.05, 0) is 35.4 Å². The van der Waals surface area contributed by atoms with Crippen molar-refractivity contribution in [3.63, 3.8) is 0 Å². The van der Waals surface area contributed by atoms with Gasteiger partial charge in [0.1, 0.15) is 11.4 Å². The number of benzene rings is 2. The molecule has 2 rings (SSSR count). The minimum atomic E-state index is -0.986. The van der Waals surface area contributed by atoms with Crippen LogP contribution in [-0.4, -0.2) is 21.2 Å². The van der Waals surface area contributed by atoms with Crippen LogP contribution in [0.25, 0.3) is 0 Å². The second-order valence-corrected chi connectivity index (χ2v) is 4.83. The van der Waals surface area contributed by atoms with Crippen molar-refractivity contribution in [1.29, 1.82) is 0 Å². The normalized spacial score (nSPS) is 10.9. The maximum absolute atomic E-state index is 12.0. The van der Waals surface area contributed by atoms with Crippen LogP contribution in [0.2, 0.25) is 0 Å². The van der Waals surface area contributed by atoms with E-state index in [9.17, 15) is 30.4 Å². The van der Waals surface area contributed by atoms with E-state index < -0.39 is 27.0 Å². The lowest BCUT2D eigenvalue weighted by atomic mass is 10.1. The third kappa shape index (κ3) is 3.46. The molecule has 0 aliphatic carbocycles. The van der Waals surface area contributed by atoms with E-state index in [-0.39, 0.29) is 17.0 Å². The number of hydrogen-bond acceptors (Lipinski definition) is 7. The van der Waals surface area contributed by atoms with Gasteiger partial charge in [0.2, 0.25) is 0 Å². The number of non-ortho nitro benzene ring substituents is 1. The van der Waals surface area contributed by atoms with Crippen molar-refractivity contribution in [1.82, 2.24) is 0 Å². The molecule has 0 atom stereocenters. The van der Waals surface area contributed by atoms with Crippen molar-refractivity contribution in [3.05, 3.63) is 61.7 Å². The molecule has 0 unspecified atom stereocenters. The molecular formula is C15H12N3O6-. The fourth-order valence-corrected chi connectivity index (χ4v) is 1.99. The summed E-state index contributed by atoms with van der Waals surface area (Å²) in [6.45, 7) is 1.90. The largest absolute Gasteiger partial charge is 0.867 e. The van der Waals surface area contributed by atoms with Crippen LogP contribution < -0.4 is 5.11 Å². The Morgan fingerprint density at radius 1 is 1.17 bits per heavy atom. The Hall–Kier alpha value is -3.49. The standard InChI is InChI=1S/C15H13N3O6/c1-2-9-3-4-14(19)12(5-9)16-8-10-6-11(17(21)22)7-13(15(10)20)18(23)24/h3-8,19-20H,2H2,1H3/p-1. The molecule has 0 amide bonds. The van der Waals surface area contributed by atoms with Gasteiger partial charge >= 0.3 is 0 Å². The molecule has 2 aromatic rings. The summed E-state index contributed by atoms with van der Waals surface area (Å²) in [7, 11) is 0. The number of hydrogen-bond donors (Lipinski definition) is 1. The predicted octanol–water partition coefficient (Wildman–Crippen LogP) is 2.60. The quantitative estimate of drug-likeness (QED) is 0.507. The molecule has 0 radical (unpaired) electrons. The van der Waals surface area contributed by atoms with Crippen LogP contribution in [0, 0.1) is 20.2 Å². The maximum atomic E-state index is 12.0. The molecule has 0 heterocycles. The van der Waals surface area contributed by atoms with Crippen molar-refractivity contribution in [2.24, 2.45) is 4.99 Å². The lowest BCUT2D eigenvalue weighted by Gasteiger charge is -2.10. The monoisotopic (exact) mass is 330 g/mol. The Balaban J connectivity index is 2.52. The van der Waals surface area contributed by atoms with Crippen molar-refractivity contribution in [2.45, 2.75) is 13.3 Å². The van der Waals surface area contributed by atoms with Gasteiger partial charge in [0, 0.05) is 12.3 Å². The van der Waals surface area contributed by atoms with E-state index in [1.807, 2.05) is 6.92 Å². The second-order valence-electron chi connectivity index (χ2n) is 4.83. The Morgan fingerprint density at radius 2 is 1.88 bits per heavy atom. The Kier molecular flexibility index (Phi) is 4.73. The summed E-state index contributed by atoms with van der Waals surface area (Å²) >= 11 is 0. The molecule has 124 valence electrons. The van der Waals surface area contributed by atoms with Crippen LogP contribution in [0.15, 0.2) is 35.3 Å². The molecule has 24 heavy (non-hydrogen) atoms. The Bertz CT molecular complexity index is 847. The summed E-state index contributed by atoms with van der Waals surface area (Å²) in [5, 5.41) is 43.5. The first-order valence-corrected chi connectivity index (χ1v) is 6.83. The van der Waals surface area contributed by atoms with Crippen LogP contribution >= 0.6 is 0 Å². The van der Waals surface area contributed by atoms with Gasteiger partial charge in [-0.25, -0.2) is 0 Å². The SMILES string of the molecule is CCc1ccc(O)c(N=Cc2cc([N+](=O)[O-])cc([N+](=O)[O-])c2[O-])c1. The fraction of sp³-hybridized carbons (Fsp3) is 0.133. The van der Waals surface area contributed by atoms with Crippen molar-refractivity contribution >= 4 is 23.3 Å². The molecule has 0 fully saturated rings. The van der Waals surface area contributed by atoms with Gasteiger partial charge in [0.05, 0.1) is 15.9 Å². The maximum Gasteiger partial charge on any atom is 0.276 e. The van der Waals surface area contributed by atoms with E-state index >= 15 is 0 Å². The van der Waals surface area contributed by atoms with Gasteiger partial charge in [-0.2, -0.15) is 0 Å². The zero-order valence-corrected chi connectivity index (χ0v) is 12.5. The molecule has 0 aliphatic rings. The summed E-state index contributed by atoms with van der Waals surface area (Å²) in [4.78, 5) is 23.8. The van der Waals surface area contributed by atoms with Gasteiger partial charge < -0.3 is 10.2 Å². The average Bonchev–Trinajstić information content (AvgIpc) is 2.54. The molecule has 0 bridgehead atoms. The molecule has 0 saturated heterocycles. The highest BCUT2D eigenvalue weighted by Gasteiger charge is 2.18. The van der Waals surface area contributed by atoms with Gasteiger partial charge in [0.25, 0.3) is 11.4 Å². The predicted molar refractivity (Wildman–Crippen MR) is 83.9 cm³/mol. The van der Waals surface area contributed by atoms with Crippen LogP contribution in [-0.2, 0) is 6.42 Å². The van der Waals surface area contributed by atoms with E-state index in [4.69, 9.17) is 0 Å². The number of nitrogens with zero attached hydrogens (tertiary/aromatic N) is 3. The molecule has 0 aromatic heterocycles.